The average molecular weight is 495 g/mol. The molecule has 2 fully saturated rings. The zero-order valence-corrected chi connectivity index (χ0v) is 21.3. The molecular formula is C27H34N4O3S. The Labute approximate surface area is 210 Å². The van der Waals surface area contributed by atoms with Crippen molar-refractivity contribution in [2.24, 2.45) is 0 Å². The molecule has 2 unspecified atom stereocenters. The van der Waals surface area contributed by atoms with Crippen LogP contribution >= 0.6 is 0 Å². The van der Waals surface area contributed by atoms with Gasteiger partial charge in [-0.3, -0.25) is 14.5 Å². The number of terminal acetylenes is 1. The van der Waals surface area contributed by atoms with Crippen molar-refractivity contribution in [2.75, 3.05) is 32.4 Å². The Morgan fingerprint density at radius 1 is 1.17 bits per heavy atom. The number of amides is 2. The van der Waals surface area contributed by atoms with E-state index in [1.54, 1.807) is 10.6 Å². The SMILES string of the molecule is C#CC1(NC(=O)CNC(=O)CN(C2CCN(C(C)c3cccc4ccccc34)CC2)S(C)=O)CC1. The monoisotopic (exact) mass is 494 g/mol. The number of piperidine rings is 1. The van der Waals surface area contributed by atoms with Crippen LogP contribution in [0.2, 0.25) is 0 Å². The summed E-state index contributed by atoms with van der Waals surface area (Å²) < 4.78 is 14.2. The Morgan fingerprint density at radius 3 is 2.51 bits per heavy atom. The number of nitrogens with one attached hydrogen (secondary N) is 2. The van der Waals surface area contributed by atoms with Crippen molar-refractivity contribution in [1.29, 1.82) is 0 Å². The van der Waals surface area contributed by atoms with Gasteiger partial charge in [0.25, 0.3) is 0 Å². The van der Waals surface area contributed by atoms with Gasteiger partial charge in [-0.25, -0.2) is 8.51 Å². The number of carbonyl (C=O) groups excluding carboxylic acids is 2. The maximum atomic E-state index is 12.5. The summed E-state index contributed by atoms with van der Waals surface area (Å²) in [5.74, 6) is 1.98. The van der Waals surface area contributed by atoms with Crippen molar-refractivity contribution in [3.63, 3.8) is 0 Å². The second kappa shape index (κ2) is 10.9. The fourth-order valence-corrected chi connectivity index (χ4v) is 5.85. The first kappa shape index (κ1) is 25.4. The third kappa shape index (κ3) is 6.10. The van der Waals surface area contributed by atoms with Crippen LogP contribution in [0.5, 0.6) is 0 Å². The fourth-order valence-electron chi connectivity index (χ4n) is 4.92. The molecule has 1 saturated carbocycles. The van der Waals surface area contributed by atoms with E-state index in [0.29, 0.717) is 0 Å². The van der Waals surface area contributed by atoms with E-state index in [4.69, 9.17) is 6.42 Å². The molecule has 186 valence electrons. The van der Waals surface area contributed by atoms with Crippen molar-refractivity contribution in [3.05, 3.63) is 48.0 Å². The van der Waals surface area contributed by atoms with Crippen LogP contribution < -0.4 is 10.6 Å². The minimum Gasteiger partial charge on any atom is -0.346 e. The van der Waals surface area contributed by atoms with Gasteiger partial charge >= 0.3 is 0 Å². The highest BCUT2D eigenvalue weighted by Crippen LogP contribution is 2.34. The second-order valence-corrected chi connectivity index (χ2v) is 10.9. The number of likely N-dealkylation sites (tertiary alicyclic amines) is 1. The Hall–Kier alpha value is -2.73. The first-order valence-corrected chi connectivity index (χ1v) is 13.7. The van der Waals surface area contributed by atoms with E-state index in [1.165, 1.54) is 16.3 Å². The van der Waals surface area contributed by atoms with Crippen LogP contribution in [0, 0.1) is 12.3 Å². The predicted octanol–water partition coefficient (Wildman–Crippen LogP) is 2.36. The number of benzene rings is 2. The number of hydrogen-bond acceptors (Lipinski definition) is 4. The number of fused-ring (bicyclic) bond motifs is 1. The van der Waals surface area contributed by atoms with Gasteiger partial charge in [-0.05, 0) is 48.9 Å². The van der Waals surface area contributed by atoms with Gasteiger partial charge in [0.1, 0.15) is 5.54 Å². The maximum Gasteiger partial charge on any atom is 0.240 e. The van der Waals surface area contributed by atoms with Crippen molar-refractivity contribution in [2.45, 2.75) is 50.2 Å². The molecular weight excluding hydrogens is 460 g/mol. The first-order chi connectivity index (χ1) is 16.8. The lowest BCUT2D eigenvalue weighted by Gasteiger charge is -2.39. The number of hydrogen-bond donors (Lipinski definition) is 2. The van der Waals surface area contributed by atoms with Crippen LogP contribution in [0.25, 0.3) is 10.8 Å². The third-order valence-corrected chi connectivity index (χ3v) is 8.30. The van der Waals surface area contributed by atoms with Crippen LogP contribution in [0.15, 0.2) is 42.5 Å². The van der Waals surface area contributed by atoms with Gasteiger partial charge in [0.15, 0.2) is 0 Å². The quantitative estimate of drug-likeness (QED) is 0.525. The lowest BCUT2D eigenvalue weighted by atomic mass is 9.96. The zero-order chi connectivity index (χ0) is 25.0. The van der Waals surface area contributed by atoms with Crippen molar-refractivity contribution < 1.29 is 13.8 Å². The third-order valence-electron chi connectivity index (χ3n) is 7.21. The van der Waals surface area contributed by atoms with Gasteiger partial charge in [0.2, 0.25) is 11.8 Å². The van der Waals surface area contributed by atoms with E-state index >= 15 is 0 Å². The number of rotatable bonds is 9. The number of nitrogens with zero attached hydrogens (tertiary/aromatic N) is 2. The summed E-state index contributed by atoms with van der Waals surface area (Å²) in [6, 6.07) is 15.2. The predicted molar refractivity (Wildman–Crippen MR) is 140 cm³/mol. The van der Waals surface area contributed by atoms with Gasteiger partial charge in [-0.15, -0.1) is 6.42 Å². The molecule has 35 heavy (non-hydrogen) atoms. The fraction of sp³-hybridized carbons (Fsp3) is 0.481. The van der Waals surface area contributed by atoms with Crippen LogP contribution in [-0.2, 0) is 20.6 Å². The highest BCUT2D eigenvalue weighted by molar-refractivity contribution is 7.81. The van der Waals surface area contributed by atoms with Gasteiger partial charge in [-0.2, -0.15) is 0 Å². The summed E-state index contributed by atoms with van der Waals surface area (Å²) in [5, 5.41) is 7.94. The van der Waals surface area contributed by atoms with E-state index in [1.807, 2.05) is 0 Å². The topological polar surface area (TPSA) is 81.8 Å². The van der Waals surface area contributed by atoms with E-state index in [9.17, 15) is 13.8 Å². The summed E-state index contributed by atoms with van der Waals surface area (Å²) >= 11 is 0. The van der Waals surface area contributed by atoms with Crippen LogP contribution in [-0.4, -0.2) is 69.2 Å². The van der Waals surface area contributed by atoms with Gasteiger partial charge < -0.3 is 10.6 Å². The maximum absolute atomic E-state index is 12.5. The molecule has 1 aliphatic carbocycles. The standard InChI is InChI=1S/C27H34N4O3S/c1-4-27(14-15-27)29-25(32)18-28-26(33)19-31(35(3)34)22-12-16-30(17-13-22)20(2)23-11-7-9-21-8-5-6-10-24(21)23/h1,5-11,20,22H,12-19H2,2-3H3,(H,28,33)(H,29,32). The summed E-state index contributed by atoms with van der Waals surface area (Å²) in [5.41, 5.74) is 0.781. The molecule has 1 saturated heterocycles. The highest BCUT2D eigenvalue weighted by atomic mass is 32.2. The molecule has 2 aromatic rings. The lowest BCUT2D eigenvalue weighted by Crippen LogP contribution is -2.50. The molecule has 0 aromatic heterocycles. The van der Waals surface area contributed by atoms with E-state index in [0.717, 1.165) is 38.8 Å². The summed E-state index contributed by atoms with van der Waals surface area (Å²) in [7, 11) is -1.29. The number of carbonyl (C=O) groups is 2. The molecule has 2 aromatic carbocycles. The summed E-state index contributed by atoms with van der Waals surface area (Å²) in [4.78, 5) is 27.1. The Kier molecular flexibility index (Phi) is 7.90. The Morgan fingerprint density at radius 2 is 1.86 bits per heavy atom. The van der Waals surface area contributed by atoms with Crippen LogP contribution in [0.4, 0.5) is 0 Å². The van der Waals surface area contributed by atoms with Crippen molar-refractivity contribution >= 4 is 33.6 Å². The molecule has 1 heterocycles. The van der Waals surface area contributed by atoms with Crippen LogP contribution in [0.1, 0.15) is 44.2 Å². The lowest BCUT2D eigenvalue weighted by molar-refractivity contribution is -0.126. The van der Waals surface area contributed by atoms with Gasteiger partial charge in [-0.1, -0.05) is 48.4 Å². The Bertz CT molecular complexity index is 1140. The van der Waals surface area contributed by atoms with E-state index in [2.05, 4.69) is 70.8 Å². The second-order valence-electron chi connectivity index (χ2n) is 9.56. The van der Waals surface area contributed by atoms with Gasteiger partial charge in [0, 0.05) is 31.4 Å². The minimum absolute atomic E-state index is 0.000214. The molecule has 8 heteroatoms. The molecule has 1 aliphatic heterocycles. The van der Waals surface area contributed by atoms with Crippen LogP contribution in [0.3, 0.4) is 0 Å². The molecule has 2 N–H and O–H groups in total. The smallest absolute Gasteiger partial charge is 0.240 e. The summed E-state index contributed by atoms with van der Waals surface area (Å²) in [6.07, 6.45) is 10.2. The molecule has 0 bridgehead atoms. The van der Waals surface area contributed by atoms with Gasteiger partial charge in [0.05, 0.1) is 24.1 Å². The van der Waals surface area contributed by atoms with Crippen molar-refractivity contribution in [1.82, 2.24) is 19.8 Å². The van der Waals surface area contributed by atoms with E-state index in [-0.39, 0.29) is 37.0 Å². The highest BCUT2D eigenvalue weighted by Gasteiger charge is 2.42. The summed E-state index contributed by atoms with van der Waals surface area (Å²) in [6.45, 7) is 3.83. The molecule has 2 amide bonds. The molecule has 0 spiro atoms. The largest absolute Gasteiger partial charge is 0.346 e. The average Bonchev–Trinajstić information content (AvgIpc) is 3.65. The zero-order valence-electron chi connectivity index (χ0n) is 20.5. The first-order valence-electron chi connectivity index (χ1n) is 12.2. The normalized spacial score (nSPS) is 19.6. The van der Waals surface area contributed by atoms with E-state index < -0.39 is 16.5 Å². The molecule has 4 rings (SSSR count). The molecule has 2 aliphatic rings. The van der Waals surface area contributed by atoms with Crippen molar-refractivity contribution in [3.8, 4) is 12.3 Å². The minimum atomic E-state index is -1.29. The molecule has 7 nitrogen and oxygen atoms in total. The molecule has 2 atom stereocenters. The molecule has 0 radical (unpaired) electrons. The Balaban J connectivity index is 1.30.